The highest BCUT2D eigenvalue weighted by Crippen LogP contribution is 2.29. The van der Waals surface area contributed by atoms with Crippen LogP contribution < -0.4 is 10.6 Å². The molecule has 2 atom stereocenters. The van der Waals surface area contributed by atoms with E-state index in [9.17, 15) is 9.59 Å². The van der Waals surface area contributed by atoms with Crippen molar-refractivity contribution in [3.63, 3.8) is 0 Å². The Kier molecular flexibility index (Phi) is 9.17. The summed E-state index contributed by atoms with van der Waals surface area (Å²) in [6.07, 6.45) is 1.18. The van der Waals surface area contributed by atoms with Crippen LogP contribution in [0, 0.1) is 0 Å². The summed E-state index contributed by atoms with van der Waals surface area (Å²) in [5, 5.41) is 7.60. The standard InChI is InChI=1S/C23H32N2O4S/c1-5-6-13-18(25-22(27)29-23(2,3)4)16-24-21(26)28-20(19-14-10-15-30-19)17-11-8-7-9-12-17/h7-12,14-15,18,20H,5-6,13,16H2,1-4H3,(H,24,26)(H,25,27)/t18-,20?/m0/s1. The van der Waals surface area contributed by atoms with Crippen LogP contribution in [0.1, 0.15) is 63.5 Å². The van der Waals surface area contributed by atoms with E-state index in [0.717, 1.165) is 29.7 Å². The number of nitrogens with one attached hydrogen (secondary N) is 2. The molecular weight excluding hydrogens is 400 g/mol. The van der Waals surface area contributed by atoms with Gasteiger partial charge in [0.15, 0.2) is 6.10 Å². The van der Waals surface area contributed by atoms with Crippen molar-refractivity contribution < 1.29 is 19.1 Å². The molecule has 1 aromatic carbocycles. The fourth-order valence-corrected chi connectivity index (χ4v) is 3.64. The molecule has 0 fully saturated rings. The van der Waals surface area contributed by atoms with E-state index >= 15 is 0 Å². The van der Waals surface area contributed by atoms with Gasteiger partial charge in [0.25, 0.3) is 0 Å². The minimum Gasteiger partial charge on any atom is -0.444 e. The van der Waals surface area contributed by atoms with Gasteiger partial charge < -0.3 is 20.1 Å². The number of hydrogen-bond donors (Lipinski definition) is 2. The van der Waals surface area contributed by atoms with Crippen molar-refractivity contribution >= 4 is 23.5 Å². The topological polar surface area (TPSA) is 76.7 Å². The van der Waals surface area contributed by atoms with Crippen LogP contribution in [0.25, 0.3) is 0 Å². The molecule has 6 nitrogen and oxygen atoms in total. The maximum Gasteiger partial charge on any atom is 0.408 e. The molecule has 0 radical (unpaired) electrons. The lowest BCUT2D eigenvalue weighted by Gasteiger charge is -2.24. The zero-order chi connectivity index (χ0) is 22.0. The molecule has 30 heavy (non-hydrogen) atoms. The Morgan fingerprint density at radius 1 is 1.07 bits per heavy atom. The molecule has 0 aliphatic carbocycles. The van der Waals surface area contributed by atoms with Crippen molar-refractivity contribution in [2.45, 2.75) is 64.7 Å². The quantitative estimate of drug-likeness (QED) is 0.537. The number of amides is 2. The highest BCUT2D eigenvalue weighted by Gasteiger charge is 2.22. The van der Waals surface area contributed by atoms with Gasteiger partial charge in [-0.1, -0.05) is 56.2 Å². The molecule has 1 unspecified atom stereocenters. The van der Waals surface area contributed by atoms with Crippen molar-refractivity contribution in [2.75, 3.05) is 6.54 Å². The van der Waals surface area contributed by atoms with Gasteiger partial charge in [0.05, 0.1) is 0 Å². The second-order valence-electron chi connectivity index (χ2n) is 8.08. The average Bonchev–Trinajstić information content (AvgIpc) is 3.22. The number of thiophene rings is 1. The SMILES string of the molecule is CCCC[C@@H](CNC(=O)OC(c1ccccc1)c1cccs1)NC(=O)OC(C)(C)C. The third kappa shape index (κ3) is 8.45. The first-order valence-electron chi connectivity index (χ1n) is 10.3. The van der Waals surface area contributed by atoms with Crippen molar-refractivity contribution in [3.8, 4) is 0 Å². The van der Waals surface area contributed by atoms with Crippen molar-refractivity contribution in [1.29, 1.82) is 0 Å². The number of unbranched alkanes of at least 4 members (excludes halogenated alkanes) is 1. The van der Waals surface area contributed by atoms with Gasteiger partial charge in [0, 0.05) is 17.5 Å². The van der Waals surface area contributed by atoms with E-state index in [2.05, 4.69) is 17.6 Å². The number of hydrogen-bond acceptors (Lipinski definition) is 5. The predicted octanol–water partition coefficient (Wildman–Crippen LogP) is 5.65. The molecule has 164 valence electrons. The first-order valence-corrected chi connectivity index (χ1v) is 11.2. The van der Waals surface area contributed by atoms with E-state index in [1.807, 2.05) is 68.6 Å². The third-order valence-electron chi connectivity index (χ3n) is 4.25. The van der Waals surface area contributed by atoms with Gasteiger partial charge in [0.1, 0.15) is 5.60 Å². The van der Waals surface area contributed by atoms with E-state index in [-0.39, 0.29) is 12.6 Å². The second-order valence-corrected chi connectivity index (χ2v) is 9.06. The fourth-order valence-electron chi connectivity index (χ4n) is 2.86. The van der Waals surface area contributed by atoms with Gasteiger partial charge >= 0.3 is 12.2 Å². The minimum absolute atomic E-state index is 0.232. The van der Waals surface area contributed by atoms with Crippen LogP contribution >= 0.6 is 11.3 Å². The van der Waals surface area contributed by atoms with E-state index < -0.39 is 23.9 Å². The first kappa shape index (κ1) is 23.7. The summed E-state index contributed by atoms with van der Waals surface area (Å²) < 4.78 is 11.1. The van der Waals surface area contributed by atoms with Crippen LogP contribution in [0.4, 0.5) is 9.59 Å². The van der Waals surface area contributed by atoms with Crippen LogP contribution in [0.5, 0.6) is 0 Å². The van der Waals surface area contributed by atoms with Crippen LogP contribution in [0.2, 0.25) is 0 Å². The first-order chi connectivity index (χ1) is 14.3. The Hall–Kier alpha value is -2.54. The molecule has 2 N–H and O–H groups in total. The monoisotopic (exact) mass is 432 g/mol. The number of ether oxygens (including phenoxy) is 2. The fraction of sp³-hybridized carbons (Fsp3) is 0.478. The molecule has 0 aliphatic rings. The molecule has 0 saturated carbocycles. The van der Waals surface area contributed by atoms with Gasteiger partial charge in [-0.25, -0.2) is 9.59 Å². The maximum atomic E-state index is 12.5. The third-order valence-corrected chi connectivity index (χ3v) is 5.16. The zero-order valence-electron chi connectivity index (χ0n) is 18.1. The normalized spacial score (nSPS) is 13.2. The zero-order valence-corrected chi connectivity index (χ0v) is 19.0. The molecule has 0 spiro atoms. The summed E-state index contributed by atoms with van der Waals surface area (Å²) in [6, 6.07) is 13.3. The van der Waals surface area contributed by atoms with Crippen LogP contribution in [-0.2, 0) is 9.47 Å². The Bertz CT molecular complexity index is 772. The van der Waals surface area contributed by atoms with E-state index in [1.54, 1.807) is 0 Å². The molecule has 2 aromatic rings. The highest BCUT2D eigenvalue weighted by molar-refractivity contribution is 7.10. The number of carbonyl (C=O) groups is 2. The lowest BCUT2D eigenvalue weighted by Crippen LogP contribution is -2.45. The van der Waals surface area contributed by atoms with Crippen LogP contribution in [0.3, 0.4) is 0 Å². The number of benzene rings is 1. The number of alkyl carbamates (subject to hydrolysis) is 2. The maximum absolute atomic E-state index is 12.5. The average molecular weight is 433 g/mol. The van der Waals surface area contributed by atoms with E-state index in [1.165, 1.54) is 11.3 Å². The van der Waals surface area contributed by atoms with Crippen molar-refractivity contribution in [3.05, 3.63) is 58.3 Å². The summed E-state index contributed by atoms with van der Waals surface area (Å²) in [5.74, 6) is 0. The van der Waals surface area contributed by atoms with Gasteiger partial charge in [-0.05, 0) is 44.2 Å². The molecule has 0 aliphatic heterocycles. The van der Waals surface area contributed by atoms with Gasteiger partial charge in [0.2, 0.25) is 0 Å². The number of rotatable bonds is 9. The summed E-state index contributed by atoms with van der Waals surface area (Å²) in [5.41, 5.74) is 0.333. The molecule has 0 bridgehead atoms. The minimum atomic E-state index is -0.574. The summed E-state index contributed by atoms with van der Waals surface area (Å²) in [7, 11) is 0. The molecule has 1 aromatic heterocycles. The van der Waals surface area contributed by atoms with Crippen molar-refractivity contribution in [2.24, 2.45) is 0 Å². The summed E-state index contributed by atoms with van der Waals surface area (Å²) in [4.78, 5) is 25.6. The van der Waals surface area contributed by atoms with Crippen LogP contribution in [-0.4, -0.2) is 30.4 Å². The Morgan fingerprint density at radius 3 is 2.40 bits per heavy atom. The summed E-state index contributed by atoms with van der Waals surface area (Å²) >= 11 is 1.54. The molecular formula is C23H32N2O4S. The number of carbonyl (C=O) groups excluding carboxylic acids is 2. The van der Waals surface area contributed by atoms with Gasteiger partial charge in [-0.3, -0.25) is 0 Å². The predicted molar refractivity (Wildman–Crippen MR) is 120 cm³/mol. The van der Waals surface area contributed by atoms with E-state index in [0.29, 0.717) is 0 Å². The van der Waals surface area contributed by atoms with Gasteiger partial charge in [-0.2, -0.15) is 0 Å². The summed E-state index contributed by atoms with van der Waals surface area (Å²) in [6.45, 7) is 7.80. The Morgan fingerprint density at radius 2 is 1.80 bits per heavy atom. The molecule has 0 saturated heterocycles. The highest BCUT2D eigenvalue weighted by atomic mass is 32.1. The Labute approximate surface area is 183 Å². The lowest BCUT2D eigenvalue weighted by atomic mass is 10.1. The lowest BCUT2D eigenvalue weighted by molar-refractivity contribution is 0.0498. The van der Waals surface area contributed by atoms with Gasteiger partial charge in [-0.15, -0.1) is 11.3 Å². The smallest absolute Gasteiger partial charge is 0.408 e. The molecule has 7 heteroatoms. The second kappa shape index (κ2) is 11.6. The largest absolute Gasteiger partial charge is 0.444 e. The molecule has 2 rings (SSSR count). The van der Waals surface area contributed by atoms with Crippen molar-refractivity contribution in [1.82, 2.24) is 10.6 Å². The van der Waals surface area contributed by atoms with Crippen LogP contribution in [0.15, 0.2) is 47.8 Å². The Balaban J connectivity index is 1.96. The molecule has 1 heterocycles. The van der Waals surface area contributed by atoms with E-state index in [4.69, 9.17) is 9.47 Å². The molecule has 2 amide bonds.